The van der Waals surface area contributed by atoms with Gasteiger partial charge < -0.3 is 15.0 Å². The van der Waals surface area contributed by atoms with E-state index in [2.05, 4.69) is 58.2 Å². The van der Waals surface area contributed by atoms with Crippen LogP contribution in [0.1, 0.15) is 32.3 Å². The Morgan fingerprint density at radius 3 is 2.75 bits per heavy atom. The highest BCUT2D eigenvalue weighted by atomic mass is 79.9. The smallest absolute Gasteiger partial charge is 0.0637 e. The van der Waals surface area contributed by atoms with Crippen molar-refractivity contribution in [1.29, 1.82) is 0 Å². The van der Waals surface area contributed by atoms with E-state index in [0.29, 0.717) is 6.04 Å². The second-order valence-corrected chi connectivity index (χ2v) is 6.62. The number of nitrogens with one attached hydrogen (secondary N) is 1. The van der Waals surface area contributed by atoms with Crippen LogP contribution in [0, 0.1) is 0 Å². The van der Waals surface area contributed by atoms with E-state index in [9.17, 15) is 0 Å². The number of hydrogen-bond donors (Lipinski definition) is 1. The molecule has 0 saturated heterocycles. The van der Waals surface area contributed by atoms with Crippen LogP contribution in [0.25, 0.3) is 0 Å². The molecule has 1 N–H and O–H groups in total. The van der Waals surface area contributed by atoms with Crippen LogP contribution in [0.3, 0.4) is 0 Å². The molecule has 20 heavy (non-hydrogen) atoms. The monoisotopic (exact) mass is 340 g/mol. The van der Waals surface area contributed by atoms with Gasteiger partial charge in [0.1, 0.15) is 0 Å². The molecule has 1 fully saturated rings. The lowest BCUT2D eigenvalue weighted by molar-refractivity contribution is 0.204. The van der Waals surface area contributed by atoms with Crippen LogP contribution >= 0.6 is 15.9 Å². The Labute approximate surface area is 130 Å². The van der Waals surface area contributed by atoms with Crippen LogP contribution in [0.5, 0.6) is 0 Å². The number of nitrogens with zero attached hydrogens (tertiary/aromatic N) is 1. The van der Waals surface area contributed by atoms with E-state index in [1.165, 1.54) is 24.1 Å². The molecule has 1 aliphatic rings. The van der Waals surface area contributed by atoms with Gasteiger partial charge in [-0.15, -0.1) is 0 Å². The molecule has 0 bridgehead atoms. The molecule has 4 heteroatoms. The average Bonchev–Trinajstić information content (AvgIpc) is 3.22. The Morgan fingerprint density at radius 2 is 2.15 bits per heavy atom. The second-order valence-electron chi connectivity index (χ2n) is 5.71. The molecule has 1 aromatic carbocycles. The fourth-order valence-corrected chi connectivity index (χ4v) is 2.77. The quantitative estimate of drug-likeness (QED) is 0.782. The number of ether oxygens (including phenoxy) is 1. The molecule has 0 spiro atoms. The first-order valence-electron chi connectivity index (χ1n) is 7.39. The van der Waals surface area contributed by atoms with E-state index < -0.39 is 0 Å². The summed E-state index contributed by atoms with van der Waals surface area (Å²) in [6.45, 7) is 7.08. The summed E-state index contributed by atoms with van der Waals surface area (Å²) < 4.78 is 6.39. The maximum atomic E-state index is 5.25. The van der Waals surface area contributed by atoms with Crippen molar-refractivity contribution in [2.24, 2.45) is 0 Å². The van der Waals surface area contributed by atoms with Gasteiger partial charge in [0.15, 0.2) is 0 Å². The molecular formula is C16H25BrN2O. The summed E-state index contributed by atoms with van der Waals surface area (Å²) in [5.74, 6) is 0. The van der Waals surface area contributed by atoms with E-state index in [4.69, 9.17) is 4.74 Å². The first kappa shape index (κ1) is 15.8. The van der Waals surface area contributed by atoms with Gasteiger partial charge in [0, 0.05) is 42.4 Å². The minimum Gasteiger partial charge on any atom is -0.383 e. The first-order chi connectivity index (χ1) is 9.61. The van der Waals surface area contributed by atoms with Crippen LogP contribution in [-0.2, 0) is 11.3 Å². The zero-order valence-corrected chi connectivity index (χ0v) is 14.2. The number of benzene rings is 1. The van der Waals surface area contributed by atoms with Crippen molar-refractivity contribution in [3.8, 4) is 0 Å². The summed E-state index contributed by atoms with van der Waals surface area (Å²) in [5.41, 5.74) is 2.67. The lowest BCUT2D eigenvalue weighted by Crippen LogP contribution is -2.35. The Kier molecular flexibility index (Phi) is 5.87. The molecule has 0 radical (unpaired) electrons. The van der Waals surface area contributed by atoms with Gasteiger partial charge in [-0.05, 0) is 50.5 Å². The highest BCUT2D eigenvalue weighted by Gasteiger charge is 2.21. The molecule has 0 atom stereocenters. The number of rotatable bonds is 8. The molecule has 0 aromatic heterocycles. The van der Waals surface area contributed by atoms with Crippen LogP contribution < -0.4 is 10.2 Å². The highest BCUT2D eigenvalue weighted by molar-refractivity contribution is 9.10. The van der Waals surface area contributed by atoms with E-state index in [1.807, 2.05) is 0 Å². The van der Waals surface area contributed by atoms with Gasteiger partial charge in [-0.25, -0.2) is 0 Å². The van der Waals surface area contributed by atoms with Gasteiger partial charge >= 0.3 is 0 Å². The summed E-state index contributed by atoms with van der Waals surface area (Å²) >= 11 is 3.59. The van der Waals surface area contributed by atoms with Crippen LogP contribution in [0.2, 0.25) is 0 Å². The zero-order valence-electron chi connectivity index (χ0n) is 12.7. The molecule has 0 aliphatic heterocycles. The predicted molar refractivity (Wildman–Crippen MR) is 88.4 cm³/mol. The number of anilines is 1. The normalized spacial score (nSPS) is 14.8. The fraction of sp³-hybridized carbons (Fsp3) is 0.625. The van der Waals surface area contributed by atoms with Crippen molar-refractivity contribution in [3.63, 3.8) is 0 Å². The largest absolute Gasteiger partial charge is 0.383 e. The third-order valence-corrected chi connectivity index (χ3v) is 4.16. The van der Waals surface area contributed by atoms with Gasteiger partial charge in [0.05, 0.1) is 6.61 Å². The van der Waals surface area contributed by atoms with Crippen LogP contribution in [0.15, 0.2) is 22.7 Å². The Hall–Kier alpha value is -0.580. The summed E-state index contributed by atoms with van der Waals surface area (Å²) in [5, 5.41) is 3.61. The van der Waals surface area contributed by atoms with Gasteiger partial charge in [-0.1, -0.05) is 15.9 Å². The van der Waals surface area contributed by atoms with Gasteiger partial charge in [-0.2, -0.15) is 0 Å². The van der Waals surface area contributed by atoms with Crippen molar-refractivity contribution in [2.75, 3.05) is 25.2 Å². The molecule has 1 saturated carbocycles. The maximum absolute atomic E-state index is 5.25. The van der Waals surface area contributed by atoms with E-state index in [1.54, 1.807) is 7.11 Å². The topological polar surface area (TPSA) is 24.5 Å². The molecular weight excluding hydrogens is 316 g/mol. The fourth-order valence-electron chi connectivity index (χ4n) is 2.36. The van der Waals surface area contributed by atoms with Crippen molar-refractivity contribution >= 4 is 21.6 Å². The molecule has 0 heterocycles. The lowest BCUT2D eigenvalue weighted by Gasteiger charge is -2.31. The second kappa shape index (κ2) is 7.43. The van der Waals surface area contributed by atoms with Gasteiger partial charge in [0.2, 0.25) is 0 Å². The summed E-state index contributed by atoms with van der Waals surface area (Å²) in [7, 11) is 1.76. The standard InChI is InChI=1S/C16H25BrN2O/c1-12(2)19(8-9-20-3)16-7-4-14(17)10-13(16)11-18-15-5-6-15/h4,7,10,12,15,18H,5-6,8-9,11H2,1-3H3. The lowest BCUT2D eigenvalue weighted by atomic mass is 10.1. The Balaban J connectivity index is 2.16. The molecule has 3 nitrogen and oxygen atoms in total. The minimum atomic E-state index is 0.464. The maximum Gasteiger partial charge on any atom is 0.0637 e. The summed E-state index contributed by atoms with van der Waals surface area (Å²) in [6.07, 6.45) is 2.64. The zero-order chi connectivity index (χ0) is 14.5. The number of methoxy groups -OCH3 is 1. The van der Waals surface area contributed by atoms with E-state index in [0.717, 1.165) is 30.2 Å². The van der Waals surface area contributed by atoms with Crippen molar-refractivity contribution in [3.05, 3.63) is 28.2 Å². The molecule has 0 amide bonds. The average molecular weight is 341 g/mol. The first-order valence-corrected chi connectivity index (χ1v) is 8.18. The van der Waals surface area contributed by atoms with Crippen LogP contribution in [-0.4, -0.2) is 32.3 Å². The highest BCUT2D eigenvalue weighted by Crippen LogP contribution is 2.27. The third-order valence-electron chi connectivity index (χ3n) is 3.67. The Morgan fingerprint density at radius 1 is 1.40 bits per heavy atom. The van der Waals surface area contributed by atoms with Crippen molar-refractivity contribution in [2.45, 2.75) is 45.3 Å². The number of hydrogen-bond acceptors (Lipinski definition) is 3. The minimum absolute atomic E-state index is 0.464. The van der Waals surface area contributed by atoms with Gasteiger partial charge in [-0.3, -0.25) is 0 Å². The summed E-state index contributed by atoms with van der Waals surface area (Å²) in [6, 6.07) is 7.76. The van der Waals surface area contributed by atoms with E-state index in [-0.39, 0.29) is 0 Å². The number of halogens is 1. The van der Waals surface area contributed by atoms with E-state index >= 15 is 0 Å². The van der Waals surface area contributed by atoms with Gasteiger partial charge in [0.25, 0.3) is 0 Å². The SMILES string of the molecule is COCCN(c1ccc(Br)cc1CNC1CC1)C(C)C. The van der Waals surface area contributed by atoms with Crippen LogP contribution in [0.4, 0.5) is 5.69 Å². The molecule has 0 unspecified atom stereocenters. The molecule has 112 valence electrons. The molecule has 1 aromatic rings. The third kappa shape index (κ3) is 4.47. The van der Waals surface area contributed by atoms with Crippen molar-refractivity contribution in [1.82, 2.24) is 5.32 Å². The summed E-state index contributed by atoms with van der Waals surface area (Å²) in [4.78, 5) is 2.42. The Bertz CT molecular complexity index is 432. The predicted octanol–water partition coefficient (Wildman–Crippen LogP) is 3.56. The molecule has 2 rings (SSSR count). The van der Waals surface area contributed by atoms with Crippen molar-refractivity contribution < 1.29 is 4.74 Å². The molecule has 1 aliphatic carbocycles.